The average Bonchev–Trinajstić information content (AvgIpc) is 2.79. The lowest BCUT2D eigenvalue weighted by molar-refractivity contribution is -0.137. The smallest absolute Gasteiger partial charge is 0.475 e. The lowest BCUT2D eigenvalue weighted by Gasteiger charge is -2.37. The van der Waals surface area contributed by atoms with E-state index in [9.17, 15) is 14.5 Å². The van der Waals surface area contributed by atoms with Crippen LogP contribution in [-0.4, -0.2) is 61.5 Å². The van der Waals surface area contributed by atoms with Gasteiger partial charge in [0.25, 0.3) is 0 Å². The molecule has 9 heteroatoms. The van der Waals surface area contributed by atoms with Gasteiger partial charge in [-0.25, -0.2) is 4.57 Å². The van der Waals surface area contributed by atoms with Crippen LogP contribution in [0.25, 0.3) is 0 Å². The van der Waals surface area contributed by atoms with Crippen LogP contribution in [0.4, 0.5) is 0 Å². The lowest BCUT2D eigenvalue weighted by Crippen LogP contribution is -2.46. The van der Waals surface area contributed by atoms with Gasteiger partial charge in [-0.05, 0) is 43.6 Å². The van der Waals surface area contributed by atoms with Crippen molar-refractivity contribution >= 4 is 13.8 Å². The summed E-state index contributed by atoms with van der Waals surface area (Å²) < 4.78 is 35.2. The zero-order chi connectivity index (χ0) is 24.0. The van der Waals surface area contributed by atoms with E-state index in [1.165, 1.54) is 12.2 Å². The van der Waals surface area contributed by atoms with Gasteiger partial charge in [0, 0.05) is 12.5 Å². The molecule has 1 aromatic carbocycles. The molecule has 0 spiro atoms. The first kappa shape index (κ1) is 28.1. The largest absolute Gasteiger partial charge is 0.497 e. The molecular weight excluding hydrogens is 433 g/mol. The number of nitrogens with zero attached hydrogens (tertiary/aromatic N) is 1. The van der Waals surface area contributed by atoms with Crippen LogP contribution < -0.4 is 4.74 Å². The predicted molar refractivity (Wildman–Crippen MR) is 125 cm³/mol. The Balaban J connectivity index is 3.28. The number of benzene rings is 1. The third-order valence-corrected chi connectivity index (χ3v) is 6.38. The second kappa shape index (κ2) is 15.0. The van der Waals surface area contributed by atoms with Crippen LogP contribution >= 0.6 is 7.82 Å². The molecule has 0 aliphatic rings. The number of carboxylic acids is 1. The van der Waals surface area contributed by atoms with Gasteiger partial charge in [0.2, 0.25) is 0 Å². The Kier molecular flexibility index (Phi) is 13.1. The number of rotatable bonds is 18. The number of phosphoric ester groups is 1. The zero-order valence-corrected chi connectivity index (χ0v) is 20.2. The minimum absolute atomic E-state index is 0.0332. The molecule has 32 heavy (non-hydrogen) atoms. The normalized spacial score (nSPS) is 13.5. The van der Waals surface area contributed by atoms with Gasteiger partial charge in [0.1, 0.15) is 5.75 Å². The van der Waals surface area contributed by atoms with Crippen LogP contribution in [-0.2, 0) is 29.4 Å². The monoisotopic (exact) mass is 469 g/mol. The molecule has 0 aliphatic heterocycles. The van der Waals surface area contributed by atoms with Gasteiger partial charge in [-0.3, -0.25) is 23.3 Å². The number of aliphatic carboxylic acids is 1. The minimum Gasteiger partial charge on any atom is -0.497 e. The van der Waals surface area contributed by atoms with Crippen molar-refractivity contribution in [2.24, 2.45) is 0 Å². The van der Waals surface area contributed by atoms with E-state index in [1.54, 1.807) is 7.11 Å². The van der Waals surface area contributed by atoms with Crippen molar-refractivity contribution in [3.05, 3.63) is 55.1 Å². The summed E-state index contributed by atoms with van der Waals surface area (Å²) in [4.78, 5) is 13.5. The molecule has 0 saturated carbocycles. The molecule has 180 valence electrons. The highest BCUT2D eigenvalue weighted by Crippen LogP contribution is 2.51. The molecule has 0 saturated heterocycles. The molecule has 0 heterocycles. The Labute approximate surface area is 191 Å². The maximum absolute atomic E-state index is 13.3. The second-order valence-corrected chi connectivity index (χ2v) is 8.65. The van der Waals surface area contributed by atoms with Crippen molar-refractivity contribution in [1.29, 1.82) is 0 Å². The highest BCUT2D eigenvalue weighted by Gasteiger charge is 2.36. The van der Waals surface area contributed by atoms with Crippen molar-refractivity contribution in [3.8, 4) is 5.75 Å². The molecule has 0 bridgehead atoms. The highest BCUT2D eigenvalue weighted by atomic mass is 31.2. The summed E-state index contributed by atoms with van der Waals surface area (Å²) in [5.41, 5.74) is 1.01. The first-order valence-corrected chi connectivity index (χ1v) is 12.2. The van der Waals surface area contributed by atoms with E-state index in [-0.39, 0.29) is 32.1 Å². The van der Waals surface area contributed by atoms with Crippen LogP contribution in [0.5, 0.6) is 5.75 Å². The third kappa shape index (κ3) is 9.67. The molecule has 0 fully saturated rings. The molecular formula is C23H36NO7P. The van der Waals surface area contributed by atoms with E-state index in [2.05, 4.69) is 18.1 Å². The summed E-state index contributed by atoms with van der Waals surface area (Å²) in [6.45, 7) is 12.5. The average molecular weight is 470 g/mol. The van der Waals surface area contributed by atoms with E-state index >= 15 is 0 Å². The maximum atomic E-state index is 13.3. The van der Waals surface area contributed by atoms with Gasteiger partial charge < -0.3 is 9.84 Å². The number of ether oxygens (including phenoxy) is 1. The Hall–Kier alpha value is -1.96. The van der Waals surface area contributed by atoms with Gasteiger partial charge >= 0.3 is 13.8 Å². The maximum Gasteiger partial charge on any atom is 0.475 e. The molecule has 0 aliphatic carbocycles. The Morgan fingerprint density at radius 1 is 1.12 bits per heavy atom. The minimum atomic E-state index is -3.98. The Morgan fingerprint density at radius 3 is 2.12 bits per heavy atom. The quantitative estimate of drug-likeness (QED) is 0.244. The zero-order valence-electron chi connectivity index (χ0n) is 19.3. The molecule has 1 aromatic rings. The fourth-order valence-electron chi connectivity index (χ4n) is 3.32. The number of hydrogen-bond donors (Lipinski definition) is 1. The van der Waals surface area contributed by atoms with Gasteiger partial charge in [-0.15, -0.1) is 13.2 Å². The molecule has 0 radical (unpaired) electrons. The SMILES string of the molecule is C=CCOP(=O)(OCC=C)OC(CCC(=O)O)C(Cc1ccc(OC)cc1)N(CC)CC. The van der Waals surface area contributed by atoms with Crippen LogP contribution in [0.2, 0.25) is 0 Å². The molecule has 2 atom stereocenters. The van der Waals surface area contributed by atoms with Gasteiger partial charge in [-0.2, -0.15) is 0 Å². The number of likely N-dealkylation sites (N-methyl/N-ethyl adjacent to an activating group) is 1. The van der Waals surface area contributed by atoms with Crippen LogP contribution in [0.3, 0.4) is 0 Å². The summed E-state index contributed by atoms with van der Waals surface area (Å²) in [5.74, 6) is -0.220. The molecule has 8 nitrogen and oxygen atoms in total. The van der Waals surface area contributed by atoms with Crippen molar-refractivity contribution < 1.29 is 32.8 Å². The topological polar surface area (TPSA) is 94.5 Å². The summed E-state index contributed by atoms with van der Waals surface area (Å²) in [7, 11) is -2.38. The Morgan fingerprint density at radius 2 is 1.69 bits per heavy atom. The molecule has 0 aromatic heterocycles. The van der Waals surface area contributed by atoms with Crippen LogP contribution in [0.1, 0.15) is 32.3 Å². The number of phosphoric acid groups is 1. The highest BCUT2D eigenvalue weighted by molar-refractivity contribution is 7.48. The molecule has 2 unspecified atom stereocenters. The summed E-state index contributed by atoms with van der Waals surface area (Å²) in [6, 6.07) is 7.38. The summed E-state index contributed by atoms with van der Waals surface area (Å²) >= 11 is 0. The fraction of sp³-hybridized carbons (Fsp3) is 0.522. The van der Waals surface area contributed by atoms with E-state index in [4.69, 9.17) is 18.3 Å². The third-order valence-electron chi connectivity index (χ3n) is 4.92. The molecule has 1 N–H and O–H groups in total. The first-order valence-electron chi connectivity index (χ1n) is 10.7. The second-order valence-electron chi connectivity index (χ2n) is 7.03. The predicted octanol–water partition coefficient (Wildman–Crippen LogP) is 4.71. The number of carbonyl (C=O) groups is 1. The number of methoxy groups -OCH3 is 1. The van der Waals surface area contributed by atoms with Crippen molar-refractivity contribution in [2.75, 3.05) is 33.4 Å². The molecule has 1 rings (SSSR count). The van der Waals surface area contributed by atoms with Crippen molar-refractivity contribution in [1.82, 2.24) is 4.90 Å². The summed E-state index contributed by atoms with van der Waals surface area (Å²) in [6.07, 6.45) is 2.73. The van der Waals surface area contributed by atoms with Crippen molar-refractivity contribution in [2.45, 2.75) is 45.3 Å². The number of carboxylic acid groups (broad SMARTS) is 1. The van der Waals surface area contributed by atoms with Gasteiger partial charge in [0.05, 0.1) is 26.4 Å². The number of hydrogen-bond acceptors (Lipinski definition) is 7. The first-order chi connectivity index (χ1) is 15.3. The van der Waals surface area contributed by atoms with Crippen molar-refractivity contribution in [3.63, 3.8) is 0 Å². The van der Waals surface area contributed by atoms with E-state index in [0.29, 0.717) is 19.5 Å². The summed E-state index contributed by atoms with van der Waals surface area (Å²) in [5, 5.41) is 9.28. The standard InChI is InChI=1S/C23H36NO7P/c1-6-16-29-32(27,30-17-7-2)31-22(14-15-23(25)26)21(24(8-3)9-4)18-19-10-12-20(28-5)13-11-19/h6-7,10-13,21-22H,1-2,8-9,14-18H2,3-5H3,(H,25,26). The van der Waals surface area contributed by atoms with E-state index in [1.807, 2.05) is 38.1 Å². The molecule has 0 amide bonds. The van der Waals surface area contributed by atoms with Gasteiger partial charge in [0.15, 0.2) is 0 Å². The van der Waals surface area contributed by atoms with E-state index in [0.717, 1.165) is 11.3 Å². The lowest BCUT2D eigenvalue weighted by atomic mass is 9.96. The van der Waals surface area contributed by atoms with Crippen LogP contribution in [0.15, 0.2) is 49.6 Å². The van der Waals surface area contributed by atoms with Crippen LogP contribution in [0, 0.1) is 0 Å². The van der Waals surface area contributed by atoms with Gasteiger partial charge in [-0.1, -0.05) is 38.1 Å². The van der Waals surface area contributed by atoms with E-state index < -0.39 is 19.9 Å². The Bertz CT molecular complexity index is 733. The fourth-order valence-corrected chi connectivity index (χ4v) is 4.67.